The van der Waals surface area contributed by atoms with E-state index in [1.165, 1.54) is 18.4 Å². The molecule has 0 heterocycles. The molecule has 0 radical (unpaired) electrons. The SMILES string of the molecule is CCCCCOc1ccc(CNC(C)CCOC)cc1. The average molecular weight is 279 g/mol. The molecule has 0 saturated heterocycles. The Morgan fingerprint density at radius 1 is 1.10 bits per heavy atom. The fraction of sp³-hybridized carbons (Fsp3) is 0.647. The van der Waals surface area contributed by atoms with Crippen molar-refractivity contribution >= 4 is 0 Å². The molecule has 1 aromatic rings. The van der Waals surface area contributed by atoms with Gasteiger partial charge in [-0.3, -0.25) is 0 Å². The van der Waals surface area contributed by atoms with Gasteiger partial charge in [0.25, 0.3) is 0 Å². The van der Waals surface area contributed by atoms with E-state index in [2.05, 4.69) is 43.4 Å². The van der Waals surface area contributed by atoms with Crippen molar-refractivity contribution < 1.29 is 9.47 Å². The van der Waals surface area contributed by atoms with Crippen molar-refractivity contribution in [1.29, 1.82) is 0 Å². The maximum Gasteiger partial charge on any atom is 0.119 e. The topological polar surface area (TPSA) is 30.5 Å². The van der Waals surface area contributed by atoms with E-state index in [0.29, 0.717) is 6.04 Å². The van der Waals surface area contributed by atoms with Crippen molar-refractivity contribution in [2.24, 2.45) is 0 Å². The van der Waals surface area contributed by atoms with Crippen molar-refractivity contribution in [3.8, 4) is 5.75 Å². The molecule has 1 aromatic carbocycles. The number of ether oxygens (including phenoxy) is 2. The fourth-order valence-corrected chi connectivity index (χ4v) is 1.93. The first-order valence-electron chi connectivity index (χ1n) is 7.70. The first-order chi connectivity index (χ1) is 9.76. The smallest absolute Gasteiger partial charge is 0.119 e. The summed E-state index contributed by atoms with van der Waals surface area (Å²) in [6.07, 6.45) is 4.64. The molecule has 0 aliphatic carbocycles. The van der Waals surface area contributed by atoms with Gasteiger partial charge in [0.2, 0.25) is 0 Å². The molecule has 3 heteroatoms. The highest BCUT2D eigenvalue weighted by atomic mass is 16.5. The van der Waals surface area contributed by atoms with E-state index in [1.54, 1.807) is 7.11 Å². The van der Waals surface area contributed by atoms with Crippen LogP contribution in [0.4, 0.5) is 0 Å². The second-order valence-electron chi connectivity index (χ2n) is 5.26. The maximum atomic E-state index is 5.70. The van der Waals surface area contributed by atoms with Crippen LogP contribution in [-0.2, 0) is 11.3 Å². The number of rotatable bonds is 11. The molecular formula is C17H29NO2. The van der Waals surface area contributed by atoms with Crippen LogP contribution in [0.3, 0.4) is 0 Å². The molecule has 1 atom stereocenters. The molecule has 114 valence electrons. The van der Waals surface area contributed by atoms with Crippen LogP contribution in [0, 0.1) is 0 Å². The van der Waals surface area contributed by atoms with Crippen LogP contribution in [-0.4, -0.2) is 26.4 Å². The normalized spacial score (nSPS) is 12.3. The number of nitrogens with one attached hydrogen (secondary N) is 1. The Morgan fingerprint density at radius 2 is 1.85 bits per heavy atom. The van der Waals surface area contributed by atoms with Crippen molar-refractivity contribution in [3.63, 3.8) is 0 Å². The standard InChI is InChI=1S/C17H29NO2/c1-4-5-6-12-20-17-9-7-16(8-10-17)14-18-15(2)11-13-19-3/h7-10,15,18H,4-6,11-14H2,1-3H3. The Labute approximate surface area is 123 Å². The molecule has 0 aliphatic rings. The van der Waals surface area contributed by atoms with Crippen LogP contribution in [0.1, 0.15) is 45.1 Å². The zero-order valence-electron chi connectivity index (χ0n) is 13.2. The van der Waals surface area contributed by atoms with Gasteiger partial charge in [0, 0.05) is 26.3 Å². The van der Waals surface area contributed by atoms with E-state index < -0.39 is 0 Å². The molecule has 0 amide bonds. The fourth-order valence-electron chi connectivity index (χ4n) is 1.93. The van der Waals surface area contributed by atoms with E-state index in [0.717, 1.165) is 38.3 Å². The number of unbranched alkanes of at least 4 members (excludes halogenated alkanes) is 2. The van der Waals surface area contributed by atoms with Crippen LogP contribution in [0.15, 0.2) is 24.3 Å². The molecule has 0 aromatic heterocycles. The average Bonchev–Trinajstić information content (AvgIpc) is 2.48. The first-order valence-corrected chi connectivity index (χ1v) is 7.70. The quantitative estimate of drug-likeness (QED) is 0.625. The molecule has 1 N–H and O–H groups in total. The molecule has 1 unspecified atom stereocenters. The number of hydrogen-bond donors (Lipinski definition) is 1. The third-order valence-corrected chi connectivity index (χ3v) is 3.35. The van der Waals surface area contributed by atoms with Crippen LogP contribution in [0.25, 0.3) is 0 Å². The van der Waals surface area contributed by atoms with Crippen LogP contribution >= 0.6 is 0 Å². The lowest BCUT2D eigenvalue weighted by atomic mass is 10.2. The van der Waals surface area contributed by atoms with E-state index in [-0.39, 0.29) is 0 Å². The molecule has 0 fully saturated rings. The highest BCUT2D eigenvalue weighted by Crippen LogP contribution is 2.13. The summed E-state index contributed by atoms with van der Waals surface area (Å²) in [5.41, 5.74) is 1.29. The predicted octanol–water partition coefficient (Wildman–Crippen LogP) is 3.77. The summed E-state index contributed by atoms with van der Waals surface area (Å²) in [6, 6.07) is 8.85. The van der Waals surface area contributed by atoms with Gasteiger partial charge in [-0.2, -0.15) is 0 Å². The molecule has 0 spiro atoms. The summed E-state index contributed by atoms with van der Waals surface area (Å²) < 4.78 is 10.8. The lowest BCUT2D eigenvalue weighted by Crippen LogP contribution is -2.26. The van der Waals surface area contributed by atoms with Gasteiger partial charge in [-0.05, 0) is 37.5 Å². The monoisotopic (exact) mass is 279 g/mol. The van der Waals surface area contributed by atoms with E-state index >= 15 is 0 Å². The summed E-state index contributed by atoms with van der Waals surface area (Å²) in [5, 5.41) is 3.49. The van der Waals surface area contributed by atoms with Crippen molar-refractivity contribution in [2.45, 2.75) is 52.1 Å². The summed E-state index contributed by atoms with van der Waals surface area (Å²) in [4.78, 5) is 0. The lowest BCUT2D eigenvalue weighted by molar-refractivity contribution is 0.184. The molecule has 1 rings (SSSR count). The maximum absolute atomic E-state index is 5.70. The van der Waals surface area contributed by atoms with Gasteiger partial charge in [0.05, 0.1) is 6.61 Å². The highest BCUT2D eigenvalue weighted by molar-refractivity contribution is 5.27. The summed E-state index contributed by atoms with van der Waals surface area (Å²) in [7, 11) is 1.74. The van der Waals surface area contributed by atoms with Gasteiger partial charge < -0.3 is 14.8 Å². The van der Waals surface area contributed by atoms with Crippen LogP contribution in [0.2, 0.25) is 0 Å². The minimum Gasteiger partial charge on any atom is -0.494 e. The largest absolute Gasteiger partial charge is 0.494 e. The Hall–Kier alpha value is -1.06. The Kier molecular flexibility index (Phi) is 9.09. The molecule has 20 heavy (non-hydrogen) atoms. The third kappa shape index (κ3) is 7.51. The van der Waals surface area contributed by atoms with Gasteiger partial charge >= 0.3 is 0 Å². The van der Waals surface area contributed by atoms with Crippen LogP contribution < -0.4 is 10.1 Å². The molecule has 0 bridgehead atoms. The molecular weight excluding hydrogens is 250 g/mol. The Bertz CT molecular complexity index is 337. The number of benzene rings is 1. The molecule has 3 nitrogen and oxygen atoms in total. The zero-order valence-corrected chi connectivity index (χ0v) is 13.2. The zero-order chi connectivity index (χ0) is 14.6. The van der Waals surface area contributed by atoms with E-state index in [1.807, 2.05) is 0 Å². The third-order valence-electron chi connectivity index (χ3n) is 3.35. The number of hydrogen-bond acceptors (Lipinski definition) is 3. The van der Waals surface area contributed by atoms with Gasteiger partial charge in [0.15, 0.2) is 0 Å². The van der Waals surface area contributed by atoms with Crippen molar-refractivity contribution in [1.82, 2.24) is 5.32 Å². The summed E-state index contributed by atoms with van der Waals surface area (Å²) in [6.45, 7) is 6.90. The van der Waals surface area contributed by atoms with Crippen molar-refractivity contribution in [3.05, 3.63) is 29.8 Å². The second-order valence-corrected chi connectivity index (χ2v) is 5.26. The van der Waals surface area contributed by atoms with Gasteiger partial charge in [-0.15, -0.1) is 0 Å². The molecule has 0 aliphatic heterocycles. The predicted molar refractivity (Wildman–Crippen MR) is 84.3 cm³/mol. The van der Waals surface area contributed by atoms with Gasteiger partial charge in [0.1, 0.15) is 5.75 Å². The van der Waals surface area contributed by atoms with Gasteiger partial charge in [-0.1, -0.05) is 31.9 Å². The van der Waals surface area contributed by atoms with Crippen LogP contribution in [0.5, 0.6) is 5.75 Å². The molecule has 0 saturated carbocycles. The summed E-state index contributed by atoms with van der Waals surface area (Å²) >= 11 is 0. The van der Waals surface area contributed by atoms with Gasteiger partial charge in [-0.25, -0.2) is 0 Å². The Balaban J connectivity index is 2.24. The lowest BCUT2D eigenvalue weighted by Gasteiger charge is -2.13. The second kappa shape index (κ2) is 10.7. The number of methoxy groups -OCH3 is 1. The minimum absolute atomic E-state index is 0.472. The Morgan fingerprint density at radius 3 is 2.50 bits per heavy atom. The highest BCUT2D eigenvalue weighted by Gasteiger charge is 2.01. The first kappa shape index (κ1) is 17.0. The summed E-state index contributed by atoms with van der Waals surface area (Å²) in [5.74, 6) is 0.970. The minimum atomic E-state index is 0.472. The van der Waals surface area contributed by atoms with Crippen molar-refractivity contribution in [2.75, 3.05) is 20.3 Å². The van der Waals surface area contributed by atoms with E-state index in [9.17, 15) is 0 Å². The van der Waals surface area contributed by atoms with E-state index in [4.69, 9.17) is 9.47 Å².